The van der Waals surface area contributed by atoms with Crippen molar-refractivity contribution in [3.8, 4) is 0 Å². The normalized spacial score (nSPS) is 21.5. The van der Waals surface area contributed by atoms with Crippen LogP contribution < -0.4 is 10.6 Å². The van der Waals surface area contributed by atoms with Gasteiger partial charge in [-0.2, -0.15) is 0 Å². The van der Waals surface area contributed by atoms with Crippen molar-refractivity contribution in [2.24, 2.45) is 0 Å². The lowest BCUT2D eigenvalue weighted by Gasteiger charge is -2.24. The number of hydrogen-bond donors (Lipinski definition) is 2. The maximum absolute atomic E-state index is 3.53. The van der Waals surface area contributed by atoms with Crippen molar-refractivity contribution < 1.29 is 0 Å². The van der Waals surface area contributed by atoms with Crippen molar-refractivity contribution in [1.82, 2.24) is 10.6 Å². The third-order valence-electron chi connectivity index (χ3n) is 3.04. The summed E-state index contributed by atoms with van der Waals surface area (Å²) in [5, 5.41) is 6.95. The third kappa shape index (κ3) is 3.05. The van der Waals surface area contributed by atoms with Gasteiger partial charge in [-0.25, -0.2) is 0 Å². The van der Waals surface area contributed by atoms with E-state index in [4.69, 9.17) is 0 Å². The van der Waals surface area contributed by atoms with Gasteiger partial charge in [0.2, 0.25) is 0 Å². The summed E-state index contributed by atoms with van der Waals surface area (Å²) in [5.74, 6) is 0. The summed E-state index contributed by atoms with van der Waals surface area (Å²) in [5.41, 5.74) is 2.86. The van der Waals surface area contributed by atoms with Gasteiger partial charge in [0, 0.05) is 25.7 Å². The van der Waals surface area contributed by atoms with Crippen molar-refractivity contribution in [2.75, 3.05) is 19.6 Å². The van der Waals surface area contributed by atoms with Crippen LogP contribution in [0, 0.1) is 0 Å². The number of rotatable bonds is 3. The monoisotopic (exact) mass is 204 g/mol. The Morgan fingerprint density at radius 3 is 2.47 bits per heavy atom. The first-order chi connectivity index (χ1) is 7.38. The zero-order valence-electron chi connectivity index (χ0n) is 9.42. The highest BCUT2D eigenvalue weighted by atomic mass is 15.0. The molecule has 0 bridgehead atoms. The SMILES string of the molecule is CCc1ccc(C[C@H]2CNCCN2)cc1. The molecule has 2 nitrogen and oxygen atoms in total. The summed E-state index contributed by atoms with van der Waals surface area (Å²) in [7, 11) is 0. The van der Waals surface area contributed by atoms with Gasteiger partial charge in [-0.15, -0.1) is 0 Å². The summed E-state index contributed by atoms with van der Waals surface area (Å²) in [6.07, 6.45) is 2.26. The molecule has 0 unspecified atom stereocenters. The Hall–Kier alpha value is -0.860. The molecule has 1 aromatic rings. The van der Waals surface area contributed by atoms with Crippen LogP contribution in [0.1, 0.15) is 18.1 Å². The van der Waals surface area contributed by atoms with Crippen LogP contribution in [0.25, 0.3) is 0 Å². The van der Waals surface area contributed by atoms with Crippen LogP contribution in [0.5, 0.6) is 0 Å². The minimum atomic E-state index is 0.603. The van der Waals surface area contributed by atoms with E-state index in [0.29, 0.717) is 6.04 Å². The zero-order chi connectivity index (χ0) is 10.5. The first kappa shape index (κ1) is 10.7. The maximum atomic E-state index is 3.53. The lowest BCUT2D eigenvalue weighted by Crippen LogP contribution is -2.49. The molecule has 2 heteroatoms. The molecule has 2 rings (SSSR count). The van der Waals surface area contributed by atoms with Gasteiger partial charge in [-0.1, -0.05) is 31.2 Å². The zero-order valence-corrected chi connectivity index (χ0v) is 9.42. The molecule has 1 aromatic carbocycles. The first-order valence-electron chi connectivity index (χ1n) is 5.90. The quantitative estimate of drug-likeness (QED) is 0.776. The predicted molar refractivity (Wildman–Crippen MR) is 64.2 cm³/mol. The molecule has 82 valence electrons. The summed E-state index contributed by atoms with van der Waals surface area (Å²) in [6, 6.07) is 9.60. The van der Waals surface area contributed by atoms with Crippen LogP contribution in [0.2, 0.25) is 0 Å². The Morgan fingerprint density at radius 1 is 1.13 bits per heavy atom. The van der Waals surface area contributed by atoms with Crippen molar-refractivity contribution in [3.63, 3.8) is 0 Å². The van der Waals surface area contributed by atoms with E-state index in [0.717, 1.165) is 32.5 Å². The molecule has 1 heterocycles. The molecule has 1 aliphatic heterocycles. The molecular weight excluding hydrogens is 184 g/mol. The maximum Gasteiger partial charge on any atom is 0.0233 e. The number of benzene rings is 1. The van der Waals surface area contributed by atoms with Crippen LogP contribution in [0.4, 0.5) is 0 Å². The molecule has 1 atom stereocenters. The lowest BCUT2D eigenvalue weighted by molar-refractivity contribution is 0.416. The Bertz CT molecular complexity index is 286. The second-order valence-electron chi connectivity index (χ2n) is 4.23. The molecule has 0 radical (unpaired) electrons. The van der Waals surface area contributed by atoms with Crippen molar-refractivity contribution >= 4 is 0 Å². The van der Waals surface area contributed by atoms with Crippen molar-refractivity contribution in [1.29, 1.82) is 0 Å². The molecule has 0 aliphatic carbocycles. The van der Waals surface area contributed by atoms with E-state index in [2.05, 4.69) is 41.8 Å². The van der Waals surface area contributed by atoms with Gasteiger partial charge >= 0.3 is 0 Å². The fraction of sp³-hybridized carbons (Fsp3) is 0.538. The van der Waals surface area contributed by atoms with Crippen LogP contribution in [-0.4, -0.2) is 25.7 Å². The Morgan fingerprint density at radius 2 is 1.87 bits per heavy atom. The minimum absolute atomic E-state index is 0.603. The molecule has 0 spiro atoms. The van der Waals surface area contributed by atoms with Crippen molar-refractivity contribution in [3.05, 3.63) is 35.4 Å². The molecule has 0 aromatic heterocycles. The van der Waals surface area contributed by atoms with E-state index in [1.54, 1.807) is 0 Å². The fourth-order valence-corrected chi connectivity index (χ4v) is 2.05. The number of piperazine rings is 1. The summed E-state index contributed by atoms with van der Waals surface area (Å²) in [6.45, 7) is 5.49. The summed E-state index contributed by atoms with van der Waals surface area (Å²) in [4.78, 5) is 0. The van der Waals surface area contributed by atoms with Gasteiger partial charge < -0.3 is 10.6 Å². The molecule has 15 heavy (non-hydrogen) atoms. The third-order valence-corrected chi connectivity index (χ3v) is 3.04. The van der Waals surface area contributed by atoms with Gasteiger partial charge in [-0.3, -0.25) is 0 Å². The highest BCUT2D eigenvalue weighted by molar-refractivity contribution is 5.23. The number of hydrogen-bond acceptors (Lipinski definition) is 2. The van der Waals surface area contributed by atoms with Crippen LogP contribution in [0.15, 0.2) is 24.3 Å². The van der Waals surface area contributed by atoms with E-state index in [1.165, 1.54) is 11.1 Å². The highest BCUT2D eigenvalue weighted by Gasteiger charge is 2.11. The van der Waals surface area contributed by atoms with Gasteiger partial charge in [-0.05, 0) is 24.0 Å². The topological polar surface area (TPSA) is 24.1 Å². The summed E-state index contributed by atoms with van der Waals surface area (Å²) < 4.78 is 0. The van der Waals surface area contributed by atoms with Crippen molar-refractivity contribution in [2.45, 2.75) is 25.8 Å². The van der Waals surface area contributed by atoms with Crippen LogP contribution in [0.3, 0.4) is 0 Å². The average Bonchev–Trinajstić information content (AvgIpc) is 2.31. The number of aryl methyl sites for hydroxylation is 1. The molecule has 1 aliphatic rings. The molecule has 0 saturated carbocycles. The highest BCUT2D eigenvalue weighted by Crippen LogP contribution is 2.07. The van der Waals surface area contributed by atoms with E-state index < -0.39 is 0 Å². The predicted octanol–water partition coefficient (Wildman–Crippen LogP) is 1.35. The van der Waals surface area contributed by atoms with Gasteiger partial charge in [0.1, 0.15) is 0 Å². The molecule has 2 N–H and O–H groups in total. The van der Waals surface area contributed by atoms with Crippen LogP contribution >= 0.6 is 0 Å². The standard InChI is InChI=1S/C13H20N2/c1-2-11-3-5-12(6-4-11)9-13-10-14-7-8-15-13/h3-6,13-15H,2,7-10H2,1H3/t13-/m0/s1. The molecular formula is C13H20N2. The van der Waals surface area contributed by atoms with E-state index in [-0.39, 0.29) is 0 Å². The largest absolute Gasteiger partial charge is 0.314 e. The average molecular weight is 204 g/mol. The lowest BCUT2D eigenvalue weighted by atomic mass is 10.0. The smallest absolute Gasteiger partial charge is 0.0233 e. The molecule has 0 amide bonds. The second kappa shape index (κ2) is 5.29. The van der Waals surface area contributed by atoms with Gasteiger partial charge in [0.05, 0.1) is 0 Å². The Kier molecular flexibility index (Phi) is 3.75. The fourth-order valence-electron chi connectivity index (χ4n) is 2.05. The summed E-state index contributed by atoms with van der Waals surface area (Å²) >= 11 is 0. The first-order valence-corrected chi connectivity index (χ1v) is 5.90. The molecule has 1 fully saturated rings. The van der Waals surface area contributed by atoms with E-state index in [1.807, 2.05) is 0 Å². The van der Waals surface area contributed by atoms with E-state index in [9.17, 15) is 0 Å². The minimum Gasteiger partial charge on any atom is -0.314 e. The van der Waals surface area contributed by atoms with E-state index >= 15 is 0 Å². The Labute approximate surface area is 92.1 Å². The second-order valence-corrected chi connectivity index (χ2v) is 4.23. The number of nitrogens with one attached hydrogen (secondary N) is 2. The van der Waals surface area contributed by atoms with Gasteiger partial charge in [0.25, 0.3) is 0 Å². The van der Waals surface area contributed by atoms with Gasteiger partial charge in [0.15, 0.2) is 0 Å². The van der Waals surface area contributed by atoms with Crippen LogP contribution in [-0.2, 0) is 12.8 Å². The Balaban J connectivity index is 1.91. The molecule has 1 saturated heterocycles.